The minimum atomic E-state index is -0.844. The highest BCUT2D eigenvalue weighted by molar-refractivity contribution is 4.91. The summed E-state index contributed by atoms with van der Waals surface area (Å²) in [5.41, 5.74) is -1.09. The van der Waals surface area contributed by atoms with Crippen molar-refractivity contribution in [1.82, 2.24) is 9.55 Å². The molecule has 2 rings (SSSR count). The van der Waals surface area contributed by atoms with Crippen LogP contribution in [0.2, 0.25) is 0 Å². The standard InChI is InChI=1S/C10H14N2O5.C2H6/c1-5-8(15)6(4-13)17-9(5)12-3-2-7(14)11-10(12)16;1-2/h2-3,5-6,8-9,13,15H,4H2,1H3,(H,11,14,16);1-2H3/t5-,6+,8-,9+;/m0./s1. The van der Waals surface area contributed by atoms with Crippen molar-refractivity contribution in [1.29, 1.82) is 0 Å². The first-order valence-corrected chi connectivity index (χ1v) is 6.30. The molecule has 0 aromatic carbocycles. The number of aromatic nitrogens is 2. The van der Waals surface area contributed by atoms with E-state index in [1.165, 1.54) is 16.8 Å². The highest BCUT2D eigenvalue weighted by Gasteiger charge is 2.41. The third-order valence-corrected chi connectivity index (χ3v) is 2.99. The molecule has 108 valence electrons. The van der Waals surface area contributed by atoms with Gasteiger partial charge in [-0.1, -0.05) is 20.8 Å². The largest absolute Gasteiger partial charge is 0.394 e. The number of nitrogens with one attached hydrogen (secondary N) is 1. The molecule has 0 unspecified atom stereocenters. The van der Waals surface area contributed by atoms with E-state index in [0.29, 0.717) is 0 Å². The highest BCUT2D eigenvalue weighted by Crippen LogP contribution is 2.32. The van der Waals surface area contributed by atoms with Crippen molar-refractivity contribution in [3.8, 4) is 0 Å². The molecular weight excluding hydrogens is 252 g/mol. The quantitative estimate of drug-likeness (QED) is 0.670. The molecule has 1 aromatic heterocycles. The molecule has 3 N–H and O–H groups in total. The molecule has 1 saturated heterocycles. The lowest BCUT2D eigenvalue weighted by Crippen LogP contribution is -2.33. The maximum Gasteiger partial charge on any atom is 0.330 e. The van der Waals surface area contributed by atoms with Crippen molar-refractivity contribution in [2.45, 2.75) is 39.2 Å². The fourth-order valence-corrected chi connectivity index (χ4v) is 1.99. The lowest BCUT2D eigenvalue weighted by molar-refractivity contribution is -0.0477. The van der Waals surface area contributed by atoms with Crippen molar-refractivity contribution in [3.05, 3.63) is 33.1 Å². The number of hydrogen-bond acceptors (Lipinski definition) is 5. The zero-order valence-electron chi connectivity index (χ0n) is 11.2. The van der Waals surface area contributed by atoms with Crippen molar-refractivity contribution < 1.29 is 14.9 Å². The maximum absolute atomic E-state index is 11.6. The van der Waals surface area contributed by atoms with E-state index >= 15 is 0 Å². The number of nitrogens with zero attached hydrogens (tertiary/aromatic N) is 1. The van der Waals surface area contributed by atoms with Gasteiger partial charge in [0.25, 0.3) is 5.56 Å². The third kappa shape index (κ3) is 3.12. The van der Waals surface area contributed by atoms with Crippen LogP contribution in [0.4, 0.5) is 0 Å². The van der Waals surface area contributed by atoms with E-state index in [0.717, 1.165) is 0 Å². The molecule has 0 bridgehead atoms. The van der Waals surface area contributed by atoms with E-state index in [1.807, 2.05) is 13.8 Å². The summed E-state index contributed by atoms with van der Waals surface area (Å²) >= 11 is 0. The Morgan fingerprint density at radius 2 is 2.05 bits per heavy atom. The van der Waals surface area contributed by atoms with Gasteiger partial charge in [-0.3, -0.25) is 14.3 Å². The number of aliphatic hydroxyl groups is 2. The number of ether oxygens (including phenoxy) is 1. The Labute approximate surface area is 110 Å². The van der Waals surface area contributed by atoms with Crippen LogP contribution in [0.3, 0.4) is 0 Å². The Kier molecular flexibility index (Phi) is 5.46. The van der Waals surface area contributed by atoms with Crippen LogP contribution in [0.25, 0.3) is 0 Å². The average Bonchev–Trinajstić information content (AvgIpc) is 2.69. The number of rotatable bonds is 2. The van der Waals surface area contributed by atoms with Crippen molar-refractivity contribution in [2.75, 3.05) is 6.61 Å². The number of aliphatic hydroxyl groups excluding tert-OH is 2. The zero-order valence-corrected chi connectivity index (χ0v) is 11.2. The van der Waals surface area contributed by atoms with Crippen LogP contribution < -0.4 is 11.2 Å². The first kappa shape index (κ1) is 15.6. The number of hydrogen-bond donors (Lipinski definition) is 3. The van der Waals surface area contributed by atoms with Gasteiger partial charge in [0.05, 0.1) is 12.7 Å². The Morgan fingerprint density at radius 3 is 2.53 bits per heavy atom. The predicted molar refractivity (Wildman–Crippen MR) is 68.8 cm³/mol. The molecule has 1 aromatic rings. The van der Waals surface area contributed by atoms with Gasteiger partial charge in [0.15, 0.2) is 0 Å². The Bertz CT molecular complexity index is 509. The van der Waals surface area contributed by atoms with Crippen LogP contribution in [0.1, 0.15) is 27.0 Å². The van der Waals surface area contributed by atoms with E-state index in [-0.39, 0.29) is 12.5 Å². The van der Waals surface area contributed by atoms with Crippen LogP contribution in [0.15, 0.2) is 21.9 Å². The summed E-state index contributed by atoms with van der Waals surface area (Å²) in [6, 6.07) is 1.20. The van der Waals surface area contributed by atoms with E-state index in [1.54, 1.807) is 6.92 Å². The fourth-order valence-electron chi connectivity index (χ4n) is 1.99. The summed E-state index contributed by atoms with van der Waals surface area (Å²) < 4.78 is 6.58. The van der Waals surface area contributed by atoms with Crippen molar-refractivity contribution >= 4 is 0 Å². The Balaban J connectivity index is 0.000000861. The summed E-state index contributed by atoms with van der Waals surface area (Å²) in [5, 5.41) is 18.8. The molecule has 0 saturated carbocycles. The lowest BCUT2D eigenvalue weighted by Gasteiger charge is -2.17. The summed E-state index contributed by atoms with van der Waals surface area (Å²) in [6.45, 7) is 5.39. The number of aromatic amines is 1. The summed E-state index contributed by atoms with van der Waals surface area (Å²) in [4.78, 5) is 24.6. The summed E-state index contributed by atoms with van der Waals surface area (Å²) in [7, 11) is 0. The monoisotopic (exact) mass is 272 g/mol. The van der Waals surface area contributed by atoms with E-state index in [9.17, 15) is 14.7 Å². The SMILES string of the molecule is CC.C[C@H]1[C@H](O)[C@@H](CO)O[C@H]1n1ccc(=O)[nH]c1=O. The molecule has 7 nitrogen and oxygen atoms in total. The zero-order chi connectivity index (χ0) is 14.6. The minimum absolute atomic E-state index is 0.319. The molecule has 7 heteroatoms. The molecule has 0 spiro atoms. The van der Waals surface area contributed by atoms with E-state index in [4.69, 9.17) is 9.84 Å². The molecule has 1 fully saturated rings. The molecule has 4 atom stereocenters. The van der Waals surface area contributed by atoms with Gasteiger partial charge in [0.2, 0.25) is 0 Å². The predicted octanol–water partition coefficient (Wildman–Crippen LogP) is -0.551. The first-order chi connectivity index (χ1) is 9.04. The van der Waals surface area contributed by atoms with Gasteiger partial charge >= 0.3 is 5.69 Å². The smallest absolute Gasteiger partial charge is 0.330 e. The van der Waals surface area contributed by atoms with Gasteiger partial charge in [-0.25, -0.2) is 4.79 Å². The molecular formula is C12H20N2O5. The molecule has 0 radical (unpaired) electrons. The van der Waals surface area contributed by atoms with Crippen LogP contribution in [0, 0.1) is 5.92 Å². The molecule has 1 aliphatic rings. The normalized spacial score (nSPS) is 29.7. The van der Waals surface area contributed by atoms with Gasteiger partial charge in [0.1, 0.15) is 12.3 Å². The third-order valence-electron chi connectivity index (χ3n) is 2.99. The topological polar surface area (TPSA) is 105 Å². The van der Waals surface area contributed by atoms with Gasteiger partial charge < -0.3 is 14.9 Å². The average molecular weight is 272 g/mol. The van der Waals surface area contributed by atoms with Gasteiger partial charge in [-0.05, 0) is 0 Å². The molecule has 19 heavy (non-hydrogen) atoms. The second kappa shape index (κ2) is 6.65. The van der Waals surface area contributed by atoms with Crippen molar-refractivity contribution in [2.24, 2.45) is 5.92 Å². The fraction of sp³-hybridized carbons (Fsp3) is 0.667. The van der Waals surface area contributed by atoms with Crippen molar-refractivity contribution in [3.63, 3.8) is 0 Å². The molecule has 1 aliphatic heterocycles. The Morgan fingerprint density at radius 1 is 1.42 bits per heavy atom. The highest BCUT2D eigenvalue weighted by atomic mass is 16.5. The second-order valence-corrected chi connectivity index (χ2v) is 4.11. The maximum atomic E-state index is 11.6. The van der Waals surface area contributed by atoms with Crippen LogP contribution in [-0.4, -0.2) is 38.6 Å². The van der Waals surface area contributed by atoms with Crippen LogP contribution in [-0.2, 0) is 4.74 Å². The van der Waals surface area contributed by atoms with Gasteiger partial charge in [-0.2, -0.15) is 0 Å². The number of H-pyrrole nitrogens is 1. The first-order valence-electron chi connectivity index (χ1n) is 6.30. The van der Waals surface area contributed by atoms with Gasteiger partial charge in [-0.15, -0.1) is 0 Å². The van der Waals surface area contributed by atoms with Crippen LogP contribution in [0.5, 0.6) is 0 Å². The Hall–Kier alpha value is -1.44. The minimum Gasteiger partial charge on any atom is -0.394 e. The molecule has 0 aliphatic carbocycles. The summed E-state index contributed by atoms with van der Waals surface area (Å²) in [5.74, 6) is -0.351. The van der Waals surface area contributed by atoms with E-state index < -0.39 is 29.7 Å². The van der Waals surface area contributed by atoms with E-state index in [2.05, 4.69) is 4.98 Å². The molecule has 0 amide bonds. The second-order valence-electron chi connectivity index (χ2n) is 4.11. The lowest BCUT2D eigenvalue weighted by atomic mass is 10.0. The molecule has 2 heterocycles. The van der Waals surface area contributed by atoms with Crippen LogP contribution >= 0.6 is 0 Å². The summed E-state index contributed by atoms with van der Waals surface area (Å²) in [6.07, 6.45) is -0.932. The van der Waals surface area contributed by atoms with Gasteiger partial charge in [0, 0.05) is 18.2 Å².